The molecule has 1 aromatic carbocycles. The zero-order valence-electron chi connectivity index (χ0n) is 18.8. The van der Waals surface area contributed by atoms with Crippen molar-refractivity contribution in [2.24, 2.45) is 0 Å². The van der Waals surface area contributed by atoms with Gasteiger partial charge in [-0.2, -0.15) is 0 Å². The van der Waals surface area contributed by atoms with Crippen LogP contribution in [0.15, 0.2) is 24.3 Å². The molecule has 0 amide bonds. The van der Waals surface area contributed by atoms with Crippen molar-refractivity contribution in [1.29, 1.82) is 0 Å². The van der Waals surface area contributed by atoms with Crippen LogP contribution < -0.4 is 0 Å². The molecule has 1 rings (SSSR count). The van der Waals surface area contributed by atoms with Crippen LogP contribution in [0.4, 0.5) is 0 Å². The Morgan fingerprint density at radius 1 is 0.556 bits per heavy atom. The fourth-order valence-electron chi connectivity index (χ4n) is 4.09. The van der Waals surface area contributed by atoms with Crippen molar-refractivity contribution in [3.8, 4) is 0 Å². The summed E-state index contributed by atoms with van der Waals surface area (Å²) in [5.74, 6) is 1.45. The van der Waals surface area contributed by atoms with Crippen LogP contribution in [0.25, 0.3) is 0 Å². The van der Waals surface area contributed by atoms with Gasteiger partial charge in [-0.05, 0) is 29.9 Å². The van der Waals surface area contributed by atoms with Crippen LogP contribution in [0.2, 0.25) is 0 Å². The third-order valence-corrected chi connectivity index (χ3v) is 5.86. The van der Waals surface area contributed by atoms with Gasteiger partial charge in [-0.25, -0.2) is 0 Å². The zero-order chi connectivity index (χ0) is 19.6. The molecule has 0 aliphatic carbocycles. The van der Waals surface area contributed by atoms with Gasteiger partial charge in [0.05, 0.1) is 0 Å². The molecule has 0 N–H and O–H groups in total. The van der Waals surface area contributed by atoms with Crippen LogP contribution in [-0.2, 0) is 6.42 Å². The average Bonchev–Trinajstić information content (AvgIpc) is 2.68. The Morgan fingerprint density at radius 2 is 0.963 bits per heavy atom. The molecule has 0 heteroatoms. The molecule has 0 saturated carbocycles. The van der Waals surface area contributed by atoms with Gasteiger partial charge >= 0.3 is 0 Å². The van der Waals surface area contributed by atoms with Gasteiger partial charge < -0.3 is 0 Å². The van der Waals surface area contributed by atoms with Crippen LogP contribution in [0.1, 0.15) is 135 Å². The minimum Gasteiger partial charge on any atom is -0.0654 e. The zero-order valence-corrected chi connectivity index (χ0v) is 18.8. The average molecular weight is 372 g/mol. The van der Waals surface area contributed by atoms with Gasteiger partial charge in [0.2, 0.25) is 0 Å². The first kappa shape index (κ1) is 24.3. The van der Waals surface area contributed by atoms with Gasteiger partial charge in [-0.15, -0.1) is 0 Å². The van der Waals surface area contributed by atoms with Crippen molar-refractivity contribution in [1.82, 2.24) is 0 Å². The van der Waals surface area contributed by atoms with Gasteiger partial charge in [-0.3, -0.25) is 0 Å². The summed E-state index contributed by atoms with van der Waals surface area (Å²) in [7, 11) is 0. The maximum absolute atomic E-state index is 2.31. The lowest BCUT2D eigenvalue weighted by Crippen LogP contribution is -1.97. The summed E-state index contributed by atoms with van der Waals surface area (Å²) >= 11 is 0. The number of rotatable bonds is 18. The summed E-state index contributed by atoms with van der Waals surface area (Å²) in [5, 5.41) is 0. The van der Waals surface area contributed by atoms with E-state index in [4.69, 9.17) is 0 Å². The predicted molar refractivity (Wildman–Crippen MR) is 123 cm³/mol. The van der Waals surface area contributed by atoms with E-state index in [-0.39, 0.29) is 0 Å². The van der Waals surface area contributed by atoms with Gasteiger partial charge in [0, 0.05) is 0 Å². The Morgan fingerprint density at radius 3 is 1.41 bits per heavy atom. The fourth-order valence-corrected chi connectivity index (χ4v) is 4.09. The van der Waals surface area contributed by atoms with Crippen molar-refractivity contribution in [2.45, 2.75) is 130 Å². The SMILES string of the molecule is CCCCCCCCCCCCCCCCCCc1ccccc1[C](C)C. The van der Waals surface area contributed by atoms with Crippen molar-refractivity contribution < 1.29 is 0 Å². The smallest absolute Gasteiger partial charge is 0.000922 e. The summed E-state index contributed by atoms with van der Waals surface area (Å²) < 4.78 is 0. The standard InChI is InChI=1S/C27H47/c1-4-5-6-7-8-9-10-11-12-13-14-15-16-17-18-19-22-26-23-20-21-24-27(26)25(2)3/h20-21,23-24H,4-19,22H2,1-3H3. The highest BCUT2D eigenvalue weighted by molar-refractivity contribution is 5.36. The van der Waals surface area contributed by atoms with Gasteiger partial charge in [-0.1, -0.05) is 141 Å². The number of unbranched alkanes of at least 4 members (excludes halogenated alkanes) is 15. The molecule has 0 spiro atoms. The first-order chi connectivity index (χ1) is 13.3. The monoisotopic (exact) mass is 371 g/mol. The lowest BCUT2D eigenvalue weighted by atomic mass is 9.93. The highest BCUT2D eigenvalue weighted by Crippen LogP contribution is 2.21. The molecule has 0 fully saturated rings. The van der Waals surface area contributed by atoms with E-state index in [1.807, 2.05) is 0 Å². The third-order valence-electron chi connectivity index (χ3n) is 5.86. The minimum absolute atomic E-state index is 1.25. The number of aryl methyl sites for hydroxylation is 1. The Balaban J connectivity index is 1.85. The summed E-state index contributed by atoms with van der Waals surface area (Å²) in [5.41, 5.74) is 3.02. The van der Waals surface area contributed by atoms with E-state index in [0.717, 1.165) is 0 Å². The molecule has 27 heavy (non-hydrogen) atoms. The molecule has 0 heterocycles. The molecular formula is C27H47. The number of hydrogen-bond donors (Lipinski definition) is 0. The first-order valence-corrected chi connectivity index (χ1v) is 12.1. The molecule has 0 bridgehead atoms. The maximum Gasteiger partial charge on any atom is -0.000922 e. The summed E-state index contributed by atoms with van der Waals surface area (Å²) in [4.78, 5) is 0. The van der Waals surface area contributed by atoms with E-state index in [2.05, 4.69) is 45.0 Å². The van der Waals surface area contributed by atoms with E-state index in [0.29, 0.717) is 0 Å². The molecule has 0 aliphatic rings. The second-order valence-corrected chi connectivity index (χ2v) is 8.71. The Bertz CT molecular complexity index is 431. The Kier molecular flexibility index (Phi) is 15.6. The summed E-state index contributed by atoms with van der Waals surface area (Å²) in [6, 6.07) is 8.94. The normalized spacial score (nSPS) is 11.4. The minimum atomic E-state index is 1.25. The lowest BCUT2D eigenvalue weighted by Gasteiger charge is -2.11. The van der Waals surface area contributed by atoms with E-state index in [1.165, 1.54) is 121 Å². The highest BCUT2D eigenvalue weighted by Gasteiger charge is 2.05. The molecular weight excluding hydrogens is 324 g/mol. The summed E-state index contributed by atoms with van der Waals surface area (Å²) in [6.45, 7) is 6.76. The van der Waals surface area contributed by atoms with Crippen LogP contribution >= 0.6 is 0 Å². The second kappa shape index (κ2) is 17.3. The van der Waals surface area contributed by atoms with E-state index < -0.39 is 0 Å². The van der Waals surface area contributed by atoms with Crippen molar-refractivity contribution in [2.75, 3.05) is 0 Å². The van der Waals surface area contributed by atoms with E-state index in [1.54, 1.807) is 5.56 Å². The predicted octanol–water partition coefficient (Wildman–Crippen LogP) is 9.45. The lowest BCUT2D eigenvalue weighted by molar-refractivity contribution is 0.529. The molecule has 0 nitrogen and oxygen atoms in total. The fraction of sp³-hybridized carbons (Fsp3) is 0.741. The third kappa shape index (κ3) is 13.1. The highest BCUT2D eigenvalue weighted by atomic mass is 14.1. The van der Waals surface area contributed by atoms with Crippen molar-refractivity contribution in [3.63, 3.8) is 0 Å². The van der Waals surface area contributed by atoms with Crippen LogP contribution in [0.3, 0.4) is 0 Å². The van der Waals surface area contributed by atoms with Gasteiger partial charge in [0.25, 0.3) is 0 Å². The quantitative estimate of drug-likeness (QED) is 0.225. The number of benzene rings is 1. The maximum atomic E-state index is 2.31. The van der Waals surface area contributed by atoms with Gasteiger partial charge in [0.15, 0.2) is 0 Å². The molecule has 0 aromatic heterocycles. The summed E-state index contributed by atoms with van der Waals surface area (Å²) in [6.07, 6.45) is 24.3. The Hall–Kier alpha value is -0.780. The van der Waals surface area contributed by atoms with E-state index >= 15 is 0 Å². The van der Waals surface area contributed by atoms with Crippen molar-refractivity contribution >= 4 is 0 Å². The molecule has 0 aliphatic heterocycles. The van der Waals surface area contributed by atoms with Crippen molar-refractivity contribution in [3.05, 3.63) is 41.3 Å². The molecule has 0 atom stereocenters. The topological polar surface area (TPSA) is 0 Å². The van der Waals surface area contributed by atoms with Crippen LogP contribution in [0.5, 0.6) is 0 Å². The van der Waals surface area contributed by atoms with E-state index in [9.17, 15) is 0 Å². The molecule has 0 unspecified atom stereocenters. The molecule has 1 aromatic rings. The Labute approximate surface area is 171 Å². The number of hydrogen-bond acceptors (Lipinski definition) is 0. The molecule has 0 saturated heterocycles. The van der Waals surface area contributed by atoms with Crippen LogP contribution in [0, 0.1) is 5.92 Å². The molecule has 155 valence electrons. The largest absolute Gasteiger partial charge is 0.0654 e. The molecule has 1 radical (unpaired) electrons. The first-order valence-electron chi connectivity index (χ1n) is 12.1. The van der Waals surface area contributed by atoms with Crippen LogP contribution in [-0.4, -0.2) is 0 Å². The van der Waals surface area contributed by atoms with Gasteiger partial charge in [0.1, 0.15) is 0 Å². The second-order valence-electron chi connectivity index (χ2n) is 8.71.